The molecule has 2 aliphatic heterocycles. The fourth-order valence-electron chi connectivity index (χ4n) is 4.07. The third kappa shape index (κ3) is 5.04. The van der Waals surface area contributed by atoms with E-state index in [1.54, 1.807) is 18.3 Å². The summed E-state index contributed by atoms with van der Waals surface area (Å²) in [4.78, 5) is 31.5. The second-order valence-corrected chi connectivity index (χ2v) is 8.58. The first kappa shape index (κ1) is 22.1. The molecule has 0 radical (unpaired) electrons. The van der Waals surface area contributed by atoms with Crippen molar-refractivity contribution in [3.8, 4) is 0 Å². The molecular weight excluding hydrogens is 408 g/mol. The third-order valence-corrected chi connectivity index (χ3v) is 5.99. The molecule has 2 atom stereocenters. The molecule has 2 aliphatic rings. The zero-order valence-corrected chi connectivity index (χ0v) is 18.6. The number of rotatable bonds is 6. The number of nitrogens with one attached hydrogen (secondary N) is 1. The maximum Gasteiger partial charge on any atom is 0.246 e. The number of amides is 2. The molecule has 0 bridgehead atoms. The maximum atomic E-state index is 12.7. The van der Waals surface area contributed by atoms with Crippen LogP contribution in [0.5, 0.6) is 0 Å². The number of aromatic nitrogens is 4. The predicted octanol–water partition coefficient (Wildman–Crippen LogP) is 1.62. The van der Waals surface area contributed by atoms with Gasteiger partial charge in [-0.15, -0.1) is 10.2 Å². The lowest BCUT2D eigenvalue weighted by Gasteiger charge is -2.24. The van der Waals surface area contributed by atoms with Crippen molar-refractivity contribution in [1.82, 2.24) is 30.0 Å². The van der Waals surface area contributed by atoms with Crippen molar-refractivity contribution in [3.05, 3.63) is 47.8 Å². The van der Waals surface area contributed by atoms with Crippen LogP contribution in [0.2, 0.25) is 0 Å². The summed E-state index contributed by atoms with van der Waals surface area (Å²) < 4.78 is 7.42. The standard InChI is InChI=1S/C23H30N6O3/c1-16(2)21(25-23(31)17-9-14-32-15-17)22-27-26-19-8-11-28(12-13-29(19)22)20(30)7-6-18-5-3-4-10-24-18/h3-7,10,16-17,21H,8-9,11-15H2,1-2H3,(H,25,31). The van der Waals surface area contributed by atoms with Crippen LogP contribution in [0.3, 0.4) is 0 Å². The van der Waals surface area contributed by atoms with Gasteiger partial charge in [-0.05, 0) is 30.5 Å². The van der Waals surface area contributed by atoms with Crippen molar-refractivity contribution in [2.24, 2.45) is 11.8 Å². The van der Waals surface area contributed by atoms with Crippen LogP contribution in [-0.4, -0.2) is 62.8 Å². The number of pyridine rings is 1. The van der Waals surface area contributed by atoms with Gasteiger partial charge >= 0.3 is 0 Å². The molecule has 1 fully saturated rings. The average molecular weight is 439 g/mol. The molecule has 1 saturated heterocycles. The van der Waals surface area contributed by atoms with E-state index in [1.807, 2.05) is 23.1 Å². The molecule has 9 heteroatoms. The number of carbonyl (C=O) groups excluding carboxylic acids is 2. The minimum Gasteiger partial charge on any atom is -0.381 e. The Labute approximate surface area is 187 Å². The van der Waals surface area contributed by atoms with E-state index in [0.29, 0.717) is 39.3 Å². The normalized spacial score (nSPS) is 19.7. The Bertz CT molecular complexity index is 965. The maximum absolute atomic E-state index is 12.7. The molecule has 4 rings (SSSR count). The fourth-order valence-corrected chi connectivity index (χ4v) is 4.07. The molecule has 170 valence electrons. The summed E-state index contributed by atoms with van der Waals surface area (Å²) in [6.45, 7) is 6.94. The highest BCUT2D eigenvalue weighted by Crippen LogP contribution is 2.24. The van der Waals surface area contributed by atoms with E-state index >= 15 is 0 Å². The van der Waals surface area contributed by atoms with Crippen molar-refractivity contribution >= 4 is 17.9 Å². The topological polar surface area (TPSA) is 102 Å². The van der Waals surface area contributed by atoms with Crippen LogP contribution in [0.1, 0.15) is 43.7 Å². The summed E-state index contributed by atoms with van der Waals surface area (Å²) in [6.07, 6.45) is 6.36. The van der Waals surface area contributed by atoms with Gasteiger partial charge < -0.3 is 19.5 Å². The summed E-state index contributed by atoms with van der Waals surface area (Å²) in [6, 6.07) is 5.35. The number of nitrogens with zero attached hydrogens (tertiary/aromatic N) is 5. The first-order valence-corrected chi connectivity index (χ1v) is 11.2. The zero-order valence-electron chi connectivity index (χ0n) is 18.6. The summed E-state index contributed by atoms with van der Waals surface area (Å²) in [5.41, 5.74) is 0.748. The predicted molar refractivity (Wildman–Crippen MR) is 118 cm³/mol. The summed E-state index contributed by atoms with van der Waals surface area (Å²) in [5.74, 6) is 1.59. The van der Waals surface area contributed by atoms with E-state index in [2.05, 4.69) is 38.9 Å². The lowest BCUT2D eigenvalue weighted by molar-refractivity contribution is -0.126. The minimum absolute atomic E-state index is 0.00337. The fraction of sp³-hybridized carbons (Fsp3) is 0.522. The van der Waals surface area contributed by atoms with Gasteiger partial charge in [0.25, 0.3) is 0 Å². The number of ether oxygens (including phenoxy) is 1. The molecule has 0 aliphatic carbocycles. The van der Waals surface area contributed by atoms with Crippen LogP contribution in [0.25, 0.3) is 6.08 Å². The van der Waals surface area contributed by atoms with Crippen LogP contribution in [0, 0.1) is 11.8 Å². The molecule has 32 heavy (non-hydrogen) atoms. The van der Waals surface area contributed by atoms with E-state index in [-0.39, 0.29) is 29.7 Å². The van der Waals surface area contributed by atoms with E-state index < -0.39 is 0 Å². The average Bonchev–Trinajstić information content (AvgIpc) is 3.42. The third-order valence-electron chi connectivity index (χ3n) is 5.99. The molecule has 2 unspecified atom stereocenters. The highest BCUT2D eigenvalue weighted by atomic mass is 16.5. The molecule has 2 aromatic heterocycles. The van der Waals surface area contributed by atoms with Crippen LogP contribution in [0.15, 0.2) is 30.5 Å². The Kier molecular flexibility index (Phi) is 6.94. The van der Waals surface area contributed by atoms with Crippen molar-refractivity contribution in [3.63, 3.8) is 0 Å². The van der Waals surface area contributed by atoms with Gasteiger partial charge in [0.15, 0.2) is 5.82 Å². The van der Waals surface area contributed by atoms with Gasteiger partial charge in [-0.2, -0.15) is 0 Å². The molecule has 0 saturated carbocycles. The van der Waals surface area contributed by atoms with Crippen LogP contribution in [0.4, 0.5) is 0 Å². The zero-order chi connectivity index (χ0) is 22.5. The van der Waals surface area contributed by atoms with Gasteiger partial charge in [0.1, 0.15) is 5.82 Å². The van der Waals surface area contributed by atoms with E-state index in [9.17, 15) is 9.59 Å². The second-order valence-electron chi connectivity index (χ2n) is 8.58. The van der Waals surface area contributed by atoms with Crippen molar-refractivity contribution in [1.29, 1.82) is 0 Å². The quantitative estimate of drug-likeness (QED) is 0.688. The van der Waals surface area contributed by atoms with E-state index in [4.69, 9.17) is 4.74 Å². The Hall–Kier alpha value is -3.07. The van der Waals surface area contributed by atoms with Gasteiger partial charge in [-0.25, -0.2) is 0 Å². The SMILES string of the molecule is CC(C)C(NC(=O)C1CCOC1)c1nnc2n1CCN(C(=O)C=Cc1ccccn1)CC2. The first-order chi connectivity index (χ1) is 15.5. The minimum atomic E-state index is -0.240. The van der Waals surface area contributed by atoms with Gasteiger partial charge in [0, 0.05) is 44.9 Å². The Balaban J connectivity index is 1.44. The highest BCUT2D eigenvalue weighted by Gasteiger charge is 2.31. The monoisotopic (exact) mass is 438 g/mol. The molecular formula is C23H30N6O3. The molecule has 1 N–H and O–H groups in total. The van der Waals surface area contributed by atoms with Crippen molar-refractivity contribution in [2.75, 3.05) is 26.3 Å². The van der Waals surface area contributed by atoms with Crippen LogP contribution < -0.4 is 5.32 Å². The van der Waals surface area contributed by atoms with Gasteiger partial charge in [0.2, 0.25) is 11.8 Å². The largest absolute Gasteiger partial charge is 0.381 e. The second kappa shape index (κ2) is 10.0. The molecule has 4 heterocycles. The van der Waals surface area contributed by atoms with E-state index in [0.717, 1.165) is 23.8 Å². The Morgan fingerprint density at radius 2 is 2.09 bits per heavy atom. The number of carbonyl (C=O) groups is 2. The number of fused-ring (bicyclic) bond motifs is 1. The van der Waals surface area contributed by atoms with Crippen molar-refractivity contribution < 1.29 is 14.3 Å². The molecule has 0 spiro atoms. The Morgan fingerprint density at radius 1 is 1.22 bits per heavy atom. The van der Waals surface area contributed by atoms with Crippen LogP contribution in [-0.2, 0) is 27.3 Å². The Morgan fingerprint density at radius 3 is 2.81 bits per heavy atom. The highest BCUT2D eigenvalue weighted by molar-refractivity contribution is 5.91. The number of hydrogen-bond donors (Lipinski definition) is 1. The van der Waals surface area contributed by atoms with Gasteiger partial charge in [-0.3, -0.25) is 14.6 Å². The lowest BCUT2D eigenvalue weighted by Crippen LogP contribution is -2.38. The summed E-state index contributed by atoms with van der Waals surface area (Å²) in [5, 5.41) is 12.0. The number of hydrogen-bond acceptors (Lipinski definition) is 6. The van der Waals surface area contributed by atoms with Gasteiger partial charge in [0.05, 0.1) is 24.3 Å². The van der Waals surface area contributed by atoms with Gasteiger partial charge in [-0.1, -0.05) is 19.9 Å². The molecule has 2 amide bonds. The first-order valence-electron chi connectivity index (χ1n) is 11.2. The summed E-state index contributed by atoms with van der Waals surface area (Å²) >= 11 is 0. The molecule has 0 aromatic carbocycles. The molecule has 2 aromatic rings. The molecule has 9 nitrogen and oxygen atoms in total. The summed E-state index contributed by atoms with van der Waals surface area (Å²) in [7, 11) is 0. The van der Waals surface area contributed by atoms with Crippen molar-refractivity contribution in [2.45, 2.75) is 39.3 Å². The van der Waals surface area contributed by atoms with Crippen LogP contribution >= 0.6 is 0 Å². The smallest absolute Gasteiger partial charge is 0.246 e. The van der Waals surface area contributed by atoms with E-state index in [1.165, 1.54) is 0 Å². The lowest BCUT2D eigenvalue weighted by atomic mass is 10.0.